The van der Waals surface area contributed by atoms with E-state index < -0.39 is 4.92 Å². The molecule has 0 unspecified atom stereocenters. The number of non-ortho nitro benzene ring substituents is 1. The summed E-state index contributed by atoms with van der Waals surface area (Å²) in [6.07, 6.45) is 1.61. The van der Waals surface area contributed by atoms with Crippen molar-refractivity contribution in [1.29, 1.82) is 10.5 Å². The number of nitro groups is 1. The van der Waals surface area contributed by atoms with Gasteiger partial charge in [-0.1, -0.05) is 46.3 Å². The molecule has 7 nitrogen and oxygen atoms in total. The number of nitrogens with zero attached hydrogens (tertiary/aromatic N) is 3. The number of rotatable bonds is 7. The van der Waals surface area contributed by atoms with Crippen LogP contribution in [0.1, 0.15) is 22.3 Å². The van der Waals surface area contributed by atoms with Crippen molar-refractivity contribution in [2.45, 2.75) is 6.61 Å². The van der Waals surface area contributed by atoms with E-state index in [-0.39, 0.29) is 17.9 Å². The van der Waals surface area contributed by atoms with Crippen LogP contribution in [0.4, 0.5) is 5.69 Å². The lowest BCUT2D eigenvalue weighted by atomic mass is 10.0. The van der Waals surface area contributed by atoms with E-state index in [0.29, 0.717) is 32.7 Å². The van der Waals surface area contributed by atoms with Crippen LogP contribution in [-0.4, -0.2) is 12.0 Å². The first kappa shape index (κ1) is 22.5. The third-order valence-electron chi connectivity index (χ3n) is 4.59. The van der Waals surface area contributed by atoms with Crippen molar-refractivity contribution >= 4 is 33.3 Å². The third kappa shape index (κ3) is 5.12. The summed E-state index contributed by atoms with van der Waals surface area (Å²) in [5, 5.41) is 29.9. The summed E-state index contributed by atoms with van der Waals surface area (Å²) >= 11 is 3.48. The van der Waals surface area contributed by atoms with Crippen LogP contribution >= 0.6 is 15.9 Å². The number of nitriles is 2. The van der Waals surface area contributed by atoms with Crippen molar-refractivity contribution in [3.63, 3.8) is 0 Å². The molecular weight excluding hydrogens is 474 g/mol. The van der Waals surface area contributed by atoms with Gasteiger partial charge in [0.15, 0.2) is 11.5 Å². The molecule has 3 rings (SSSR count). The van der Waals surface area contributed by atoms with Gasteiger partial charge in [-0.2, -0.15) is 10.5 Å². The number of allylic oxidation sites excluding steroid dienone is 1. The van der Waals surface area contributed by atoms with Gasteiger partial charge in [0.05, 0.1) is 35.3 Å². The Kier molecular flexibility index (Phi) is 7.22. The molecule has 0 aliphatic rings. The Bertz CT molecular complexity index is 1290. The van der Waals surface area contributed by atoms with E-state index in [2.05, 4.69) is 28.1 Å². The molecule has 0 saturated carbocycles. The normalized spacial score (nSPS) is 10.7. The summed E-state index contributed by atoms with van der Waals surface area (Å²) < 4.78 is 12.0. The molecule has 3 aromatic rings. The molecule has 0 aliphatic heterocycles. The fourth-order valence-electron chi connectivity index (χ4n) is 2.97. The predicted octanol–water partition coefficient (Wildman–Crippen LogP) is 5.88. The quantitative estimate of drug-likeness (QED) is 0.177. The third-order valence-corrected chi connectivity index (χ3v) is 5.28. The first-order chi connectivity index (χ1) is 15.5. The lowest BCUT2D eigenvalue weighted by Crippen LogP contribution is -2.00. The highest BCUT2D eigenvalue weighted by atomic mass is 79.9. The van der Waals surface area contributed by atoms with Gasteiger partial charge in [0, 0.05) is 22.2 Å². The zero-order chi connectivity index (χ0) is 23.1. The van der Waals surface area contributed by atoms with Gasteiger partial charge in [-0.3, -0.25) is 10.1 Å². The minimum Gasteiger partial charge on any atom is -0.493 e. The molecule has 0 aliphatic carbocycles. The average Bonchev–Trinajstić information content (AvgIpc) is 2.82. The lowest BCUT2D eigenvalue weighted by Gasteiger charge is -2.13. The first-order valence-corrected chi connectivity index (χ1v) is 10.1. The maximum absolute atomic E-state index is 11.0. The van der Waals surface area contributed by atoms with Crippen LogP contribution in [0.15, 0.2) is 65.1 Å². The van der Waals surface area contributed by atoms with Crippen LogP contribution in [0, 0.1) is 32.8 Å². The van der Waals surface area contributed by atoms with Crippen molar-refractivity contribution < 1.29 is 14.4 Å². The lowest BCUT2D eigenvalue weighted by molar-refractivity contribution is -0.384. The molecule has 0 bridgehead atoms. The second-order valence-electron chi connectivity index (χ2n) is 6.56. The maximum Gasteiger partial charge on any atom is 0.270 e. The van der Waals surface area contributed by atoms with Crippen LogP contribution < -0.4 is 9.47 Å². The van der Waals surface area contributed by atoms with Gasteiger partial charge in [0.25, 0.3) is 5.69 Å². The summed E-state index contributed by atoms with van der Waals surface area (Å²) in [6.45, 7) is 0.179. The van der Waals surface area contributed by atoms with E-state index in [0.717, 1.165) is 5.56 Å². The molecule has 0 amide bonds. The van der Waals surface area contributed by atoms with Crippen molar-refractivity contribution in [1.82, 2.24) is 0 Å². The Balaban J connectivity index is 1.93. The van der Waals surface area contributed by atoms with Gasteiger partial charge in [0.2, 0.25) is 0 Å². The zero-order valence-corrected chi connectivity index (χ0v) is 18.5. The summed E-state index contributed by atoms with van der Waals surface area (Å²) in [4.78, 5) is 10.5. The largest absolute Gasteiger partial charge is 0.493 e. The van der Waals surface area contributed by atoms with Crippen molar-refractivity contribution in [2.75, 3.05) is 7.11 Å². The second kappa shape index (κ2) is 10.3. The minimum absolute atomic E-state index is 0.0957. The van der Waals surface area contributed by atoms with Crippen LogP contribution in [0.25, 0.3) is 11.6 Å². The Labute approximate surface area is 193 Å². The number of hydrogen-bond donors (Lipinski definition) is 0. The molecule has 0 heterocycles. The zero-order valence-electron chi connectivity index (χ0n) is 16.9. The molecule has 0 aromatic heterocycles. The molecule has 0 radical (unpaired) electrons. The number of ether oxygens (including phenoxy) is 2. The molecule has 8 heteroatoms. The van der Waals surface area contributed by atoms with E-state index >= 15 is 0 Å². The summed E-state index contributed by atoms with van der Waals surface area (Å²) in [5.41, 5.74) is 2.50. The number of hydrogen-bond acceptors (Lipinski definition) is 6. The molecule has 3 aromatic carbocycles. The van der Waals surface area contributed by atoms with Crippen molar-refractivity contribution in [3.05, 3.63) is 97.5 Å². The minimum atomic E-state index is -0.506. The monoisotopic (exact) mass is 489 g/mol. The van der Waals surface area contributed by atoms with E-state index in [9.17, 15) is 20.6 Å². The number of halogens is 1. The second-order valence-corrected chi connectivity index (χ2v) is 7.41. The summed E-state index contributed by atoms with van der Waals surface area (Å²) in [6, 6.07) is 20.7. The highest BCUT2D eigenvalue weighted by Gasteiger charge is 2.13. The summed E-state index contributed by atoms with van der Waals surface area (Å²) in [7, 11) is 1.50. The standard InChI is InChI=1S/C24H16BrN3O4/c1-31-23-11-19(9-20(14-27)16-7-4-8-21(10-16)28(29)30)22(25)12-24(23)32-15-18-6-3-2-5-17(18)13-26/h2-12H,15H2,1H3. The molecule has 0 saturated heterocycles. The van der Waals surface area contributed by atoms with Gasteiger partial charge in [0.1, 0.15) is 6.61 Å². The maximum atomic E-state index is 11.0. The smallest absolute Gasteiger partial charge is 0.270 e. The SMILES string of the molecule is COc1cc(C=C(C#N)c2cccc([N+](=O)[O-])c2)c(Br)cc1OCc1ccccc1C#N. The highest BCUT2D eigenvalue weighted by Crippen LogP contribution is 2.36. The molecule has 158 valence electrons. The molecule has 0 spiro atoms. The fraction of sp³-hybridized carbons (Fsp3) is 0.0833. The first-order valence-electron chi connectivity index (χ1n) is 9.31. The highest BCUT2D eigenvalue weighted by molar-refractivity contribution is 9.10. The molecular formula is C24H16BrN3O4. The van der Waals surface area contributed by atoms with E-state index in [1.807, 2.05) is 12.1 Å². The van der Waals surface area contributed by atoms with Crippen molar-refractivity contribution in [3.8, 4) is 23.6 Å². The van der Waals surface area contributed by atoms with Gasteiger partial charge in [-0.05, 0) is 35.4 Å². The average molecular weight is 490 g/mol. The summed E-state index contributed by atoms with van der Waals surface area (Å²) in [5.74, 6) is 0.892. The van der Waals surface area contributed by atoms with E-state index in [4.69, 9.17) is 9.47 Å². The van der Waals surface area contributed by atoms with Gasteiger partial charge < -0.3 is 9.47 Å². The molecule has 0 fully saturated rings. The number of nitro benzene ring substituents is 1. The van der Waals surface area contributed by atoms with Gasteiger partial charge in [-0.15, -0.1) is 0 Å². The van der Waals surface area contributed by atoms with E-state index in [1.165, 1.54) is 25.3 Å². The predicted molar refractivity (Wildman–Crippen MR) is 123 cm³/mol. The molecule has 0 N–H and O–H groups in total. The van der Waals surface area contributed by atoms with Crippen molar-refractivity contribution in [2.24, 2.45) is 0 Å². The topological polar surface area (TPSA) is 109 Å². The fourth-order valence-corrected chi connectivity index (χ4v) is 3.40. The Hall–Kier alpha value is -4.14. The van der Waals surface area contributed by atoms with Crippen LogP contribution in [0.2, 0.25) is 0 Å². The molecule has 32 heavy (non-hydrogen) atoms. The molecule has 0 atom stereocenters. The van der Waals surface area contributed by atoms with E-state index in [1.54, 1.807) is 36.4 Å². The van der Waals surface area contributed by atoms with Gasteiger partial charge >= 0.3 is 0 Å². The number of benzene rings is 3. The number of methoxy groups -OCH3 is 1. The Morgan fingerprint density at radius 2 is 1.91 bits per heavy atom. The van der Waals surface area contributed by atoms with Gasteiger partial charge in [-0.25, -0.2) is 0 Å². The Morgan fingerprint density at radius 1 is 1.12 bits per heavy atom. The van der Waals surface area contributed by atoms with Crippen LogP contribution in [-0.2, 0) is 6.61 Å². The van der Waals surface area contributed by atoms with Crippen LogP contribution in [0.3, 0.4) is 0 Å². The Morgan fingerprint density at radius 3 is 2.59 bits per heavy atom. The van der Waals surface area contributed by atoms with Crippen LogP contribution in [0.5, 0.6) is 11.5 Å².